The van der Waals surface area contributed by atoms with Crippen LogP contribution in [0.2, 0.25) is 5.02 Å². The molecule has 0 aromatic heterocycles. The van der Waals surface area contributed by atoms with Gasteiger partial charge in [0.2, 0.25) is 5.91 Å². The van der Waals surface area contributed by atoms with Gasteiger partial charge in [-0.1, -0.05) is 41.9 Å². The Kier molecular flexibility index (Phi) is 6.80. The van der Waals surface area contributed by atoms with Gasteiger partial charge in [-0.25, -0.2) is 4.79 Å². The zero-order valence-corrected chi connectivity index (χ0v) is 20.5. The second kappa shape index (κ2) is 9.80. The molecule has 35 heavy (non-hydrogen) atoms. The summed E-state index contributed by atoms with van der Waals surface area (Å²) in [5, 5.41) is 5.99. The van der Waals surface area contributed by atoms with E-state index in [2.05, 4.69) is 29.4 Å². The van der Waals surface area contributed by atoms with Gasteiger partial charge in [-0.05, 0) is 74.9 Å². The van der Waals surface area contributed by atoms with E-state index in [-0.39, 0.29) is 6.04 Å². The molecule has 8 heteroatoms. The molecule has 4 amide bonds. The number of carbonyl (C=O) groups is 3. The number of hydrogen-bond acceptors (Lipinski definition) is 4. The highest BCUT2D eigenvalue weighted by Gasteiger charge is 2.49. The van der Waals surface area contributed by atoms with Gasteiger partial charge in [0.05, 0.1) is 0 Å². The van der Waals surface area contributed by atoms with Gasteiger partial charge < -0.3 is 15.5 Å². The number of amides is 4. The van der Waals surface area contributed by atoms with Crippen molar-refractivity contribution >= 4 is 46.5 Å². The minimum atomic E-state index is -1.26. The molecular formula is C27H27ClN4O3. The van der Waals surface area contributed by atoms with Crippen LogP contribution in [0.15, 0.2) is 78.9 Å². The van der Waals surface area contributed by atoms with Crippen molar-refractivity contribution in [2.75, 3.05) is 16.8 Å². The number of nitrogens with one attached hydrogen (secondary N) is 2. The zero-order chi connectivity index (χ0) is 25.2. The molecule has 0 radical (unpaired) electrons. The molecule has 0 spiro atoms. The number of halogens is 1. The molecule has 0 aliphatic carbocycles. The maximum absolute atomic E-state index is 13.1. The molecule has 1 fully saturated rings. The number of benzene rings is 3. The van der Waals surface area contributed by atoms with Gasteiger partial charge in [0.15, 0.2) is 0 Å². The molecule has 3 aromatic rings. The summed E-state index contributed by atoms with van der Waals surface area (Å²) in [5.41, 5.74) is 1.95. The smallest absolute Gasteiger partial charge is 0.325 e. The van der Waals surface area contributed by atoms with Crippen molar-refractivity contribution in [1.82, 2.24) is 10.2 Å². The Labute approximate surface area is 209 Å². The molecule has 1 heterocycles. The Morgan fingerprint density at radius 1 is 0.971 bits per heavy atom. The molecule has 0 saturated carbocycles. The summed E-state index contributed by atoms with van der Waals surface area (Å²) < 4.78 is 0. The van der Waals surface area contributed by atoms with Crippen molar-refractivity contribution in [3.05, 3.63) is 89.4 Å². The number of urea groups is 1. The Bertz CT molecular complexity index is 1230. The van der Waals surface area contributed by atoms with Crippen molar-refractivity contribution in [3.63, 3.8) is 0 Å². The largest absolute Gasteiger partial charge is 0.339 e. The van der Waals surface area contributed by atoms with Gasteiger partial charge in [0.25, 0.3) is 5.91 Å². The Hall–Kier alpha value is -3.84. The van der Waals surface area contributed by atoms with Crippen molar-refractivity contribution in [1.29, 1.82) is 0 Å². The molecule has 1 aliphatic rings. The normalized spacial score (nSPS) is 17.5. The van der Waals surface area contributed by atoms with Crippen molar-refractivity contribution in [2.24, 2.45) is 0 Å². The van der Waals surface area contributed by atoms with E-state index in [1.165, 1.54) is 0 Å². The highest BCUT2D eigenvalue weighted by atomic mass is 35.5. The van der Waals surface area contributed by atoms with Gasteiger partial charge in [0.1, 0.15) is 12.1 Å². The highest BCUT2D eigenvalue weighted by Crippen LogP contribution is 2.30. The maximum atomic E-state index is 13.1. The van der Waals surface area contributed by atoms with Crippen LogP contribution in [0.4, 0.5) is 21.9 Å². The molecule has 1 atom stereocenters. The van der Waals surface area contributed by atoms with Gasteiger partial charge in [-0.3, -0.25) is 14.5 Å². The van der Waals surface area contributed by atoms with Gasteiger partial charge >= 0.3 is 6.03 Å². The lowest BCUT2D eigenvalue weighted by molar-refractivity contribution is -0.133. The third-order valence-corrected chi connectivity index (χ3v) is 6.23. The number of carbonyl (C=O) groups excluding carboxylic acids is 3. The second-order valence-electron chi connectivity index (χ2n) is 8.85. The van der Waals surface area contributed by atoms with Crippen LogP contribution >= 0.6 is 11.6 Å². The average molecular weight is 491 g/mol. The molecular weight excluding hydrogens is 464 g/mol. The van der Waals surface area contributed by atoms with Crippen LogP contribution < -0.4 is 15.5 Å². The Morgan fingerprint density at radius 2 is 1.57 bits per heavy atom. The zero-order valence-electron chi connectivity index (χ0n) is 19.8. The third-order valence-electron chi connectivity index (χ3n) is 5.98. The molecule has 0 unspecified atom stereocenters. The minimum absolute atomic E-state index is 0.229. The van der Waals surface area contributed by atoms with Crippen LogP contribution in [0.5, 0.6) is 0 Å². The van der Waals surface area contributed by atoms with Crippen LogP contribution in [0.1, 0.15) is 26.3 Å². The fourth-order valence-electron chi connectivity index (χ4n) is 4.20. The van der Waals surface area contributed by atoms with Gasteiger partial charge in [-0.15, -0.1) is 0 Å². The summed E-state index contributed by atoms with van der Waals surface area (Å²) in [6.07, 6.45) is 0. The van der Waals surface area contributed by atoms with E-state index in [0.717, 1.165) is 16.3 Å². The molecule has 4 rings (SSSR count). The number of nitrogens with zero attached hydrogens (tertiary/aromatic N) is 2. The first-order valence-corrected chi connectivity index (χ1v) is 11.7. The summed E-state index contributed by atoms with van der Waals surface area (Å²) in [6.45, 7) is 5.44. The lowest BCUT2D eigenvalue weighted by atomic mass is 9.92. The maximum Gasteiger partial charge on any atom is 0.325 e. The average Bonchev–Trinajstić information content (AvgIpc) is 3.05. The summed E-state index contributed by atoms with van der Waals surface area (Å²) in [4.78, 5) is 41.4. The van der Waals surface area contributed by atoms with E-state index in [0.29, 0.717) is 16.3 Å². The van der Waals surface area contributed by atoms with Crippen LogP contribution in [-0.4, -0.2) is 35.3 Å². The van der Waals surface area contributed by atoms with Crippen molar-refractivity contribution in [2.45, 2.75) is 32.4 Å². The standard InChI is InChI=1S/C27H27ClN4O3/c1-18(2)32(22-7-5-4-6-8-22)23-15-13-21(14-16-23)29-24(33)17-31-25(34)27(3,30-26(31)35)19-9-11-20(28)12-10-19/h4-16,18H,17H2,1-3H3,(H,29,33)(H,30,35)/t27-/m0/s1. The fraction of sp³-hybridized carbons (Fsp3) is 0.222. The lowest BCUT2D eigenvalue weighted by Gasteiger charge is -2.29. The number of rotatable bonds is 7. The third kappa shape index (κ3) is 5.00. The number of anilines is 3. The predicted molar refractivity (Wildman–Crippen MR) is 138 cm³/mol. The number of para-hydroxylation sites is 1. The molecule has 3 aromatic carbocycles. The first-order valence-electron chi connectivity index (χ1n) is 11.3. The predicted octanol–water partition coefficient (Wildman–Crippen LogP) is 5.29. The monoisotopic (exact) mass is 490 g/mol. The highest BCUT2D eigenvalue weighted by molar-refractivity contribution is 6.30. The van der Waals surface area contributed by atoms with Crippen molar-refractivity contribution < 1.29 is 14.4 Å². The number of hydrogen-bond donors (Lipinski definition) is 2. The Morgan fingerprint density at radius 3 is 2.17 bits per heavy atom. The first-order chi connectivity index (χ1) is 16.7. The minimum Gasteiger partial charge on any atom is -0.339 e. The van der Waals surface area contributed by atoms with Crippen molar-refractivity contribution in [3.8, 4) is 0 Å². The molecule has 2 N–H and O–H groups in total. The van der Waals surface area contributed by atoms with Gasteiger partial charge in [0, 0.05) is 28.1 Å². The summed E-state index contributed by atoms with van der Waals surface area (Å²) in [6, 6.07) is 23.8. The SMILES string of the molecule is CC(C)N(c1ccccc1)c1ccc(NC(=O)CN2C(=O)N[C@@](C)(c3ccc(Cl)cc3)C2=O)cc1. The summed E-state index contributed by atoms with van der Waals surface area (Å²) >= 11 is 5.94. The molecule has 7 nitrogen and oxygen atoms in total. The molecule has 1 saturated heterocycles. The van der Waals surface area contributed by atoms with E-state index >= 15 is 0 Å². The van der Waals surface area contributed by atoms with E-state index in [9.17, 15) is 14.4 Å². The van der Waals surface area contributed by atoms with E-state index in [4.69, 9.17) is 11.6 Å². The van der Waals surface area contributed by atoms with Gasteiger partial charge in [-0.2, -0.15) is 0 Å². The van der Waals surface area contributed by atoms with Crippen LogP contribution in [-0.2, 0) is 15.1 Å². The first kappa shape index (κ1) is 24.3. The van der Waals surface area contributed by atoms with E-state index in [1.807, 2.05) is 42.5 Å². The summed E-state index contributed by atoms with van der Waals surface area (Å²) in [7, 11) is 0. The van der Waals surface area contributed by atoms with E-state index < -0.39 is 29.9 Å². The summed E-state index contributed by atoms with van der Waals surface area (Å²) in [5.74, 6) is -0.962. The van der Waals surface area contributed by atoms with Crippen LogP contribution in [0.3, 0.4) is 0 Å². The van der Waals surface area contributed by atoms with Crippen LogP contribution in [0.25, 0.3) is 0 Å². The molecule has 0 bridgehead atoms. The van der Waals surface area contributed by atoms with Crippen LogP contribution in [0, 0.1) is 0 Å². The lowest BCUT2D eigenvalue weighted by Crippen LogP contribution is -2.42. The Balaban J connectivity index is 1.43. The molecule has 180 valence electrons. The van der Waals surface area contributed by atoms with E-state index in [1.54, 1.807) is 43.3 Å². The topological polar surface area (TPSA) is 81.8 Å². The second-order valence-corrected chi connectivity index (χ2v) is 9.28. The fourth-order valence-corrected chi connectivity index (χ4v) is 4.33. The number of imide groups is 1. The quantitative estimate of drug-likeness (QED) is 0.441. The molecule has 1 aliphatic heterocycles.